The summed E-state index contributed by atoms with van der Waals surface area (Å²) in [6.07, 6.45) is 11.6. The highest BCUT2D eigenvalue weighted by molar-refractivity contribution is 5.20. The summed E-state index contributed by atoms with van der Waals surface area (Å²) >= 11 is 0. The number of unbranched alkanes of at least 4 members (excludes halogenated alkanes) is 1. The average Bonchev–Trinajstić information content (AvgIpc) is 2.45. The van der Waals surface area contributed by atoms with Gasteiger partial charge in [-0.25, -0.2) is 4.39 Å². The Morgan fingerprint density at radius 1 is 1.26 bits per heavy atom. The Bertz CT molecular complexity index is 396. The minimum absolute atomic E-state index is 0.154. The fourth-order valence-electron chi connectivity index (χ4n) is 2.68. The maximum Gasteiger partial charge on any atom is 0.123 e. The molecule has 19 heavy (non-hydrogen) atoms. The van der Waals surface area contributed by atoms with Crippen LogP contribution >= 0.6 is 0 Å². The molecule has 1 N–H and O–H groups in total. The summed E-state index contributed by atoms with van der Waals surface area (Å²) < 4.78 is 13.0. The van der Waals surface area contributed by atoms with Gasteiger partial charge in [-0.2, -0.15) is 0 Å². The van der Waals surface area contributed by atoms with E-state index in [-0.39, 0.29) is 5.82 Å². The van der Waals surface area contributed by atoms with E-state index in [1.807, 2.05) is 12.1 Å². The minimum Gasteiger partial charge on any atom is -0.307 e. The minimum atomic E-state index is -0.154. The van der Waals surface area contributed by atoms with E-state index in [4.69, 9.17) is 0 Å². The van der Waals surface area contributed by atoms with Crippen LogP contribution in [0.4, 0.5) is 4.39 Å². The van der Waals surface area contributed by atoms with Gasteiger partial charge in [0.2, 0.25) is 0 Å². The van der Waals surface area contributed by atoms with E-state index < -0.39 is 0 Å². The molecule has 0 radical (unpaired) electrons. The fraction of sp³-hybridized carbons (Fsp3) is 0.529. The molecule has 0 heterocycles. The van der Waals surface area contributed by atoms with E-state index in [0.29, 0.717) is 12.1 Å². The SMILES string of the molecule is CCCCC(NC1CC=CCC1)c1ccc(F)cc1. The molecule has 0 aromatic heterocycles. The van der Waals surface area contributed by atoms with Crippen LogP contribution in [-0.2, 0) is 0 Å². The van der Waals surface area contributed by atoms with E-state index in [2.05, 4.69) is 24.4 Å². The highest BCUT2D eigenvalue weighted by Crippen LogP contribution is 2.23. The Hall–Kier alpha value is -1.15. The molecule has 0 saturated heterocycles. The molecule has 0 saturated carbocycles. The summed E-state index contributed by atoms with van der Waals surface area (Å²) in [5, 5.41) is 3.75. The maximum atomic E-state index is 13.0. The Morgan fingerprint density at radius 2 is 2.05 bits per heavy atom. The molecule has 0 fully saturated rings. The summed E-state index contributed by atoms with van der Waals surface area (Å²) in [6.45, 7) is 2.21. The van der Waals surface area contributed by atoms with Crippen molar-refractivity contribution >= 4 is 0 Å². The molecular weight excluding hydrogens is 237 g/mol. The number of nitrogens with one attached hydrogen (secondary N) is 1. The van der Waals surface area contributed by atoms with Gasteiger partial charge in [-0.1, -0.05) is 44.1 Å². The topological polar surface area (TPSA) is 12.0 Å². The van der Waals surface area contributed by atoms with Crippen LogP contribution in [0.5, 0.6) is 0 Å². The molecule has 1 aromatic carbocycles. The van der Waals surface area contributed by atoms with Crippen molar-refractivity contribution in [2.24, 2.45) is 0 Å². The quantitative estimate of drug-likeness (QED) is 0.728. The summed E-state index contributed by atoms with van der Waals surface area (Å²) in [4.78, 5) is 0. The second-order valence-electron chi connectivity index (χ2n) is 5.39. The first kappa shape index (κ1) is 14.3. The first-order chi connectivity index (χ1) is 9.29. The van der Waals surface area contributed by atoms with E-state index in [1.165, 1.54) is 31.2 Å². The van der Waals surface area contributed by atoms with Gasteiger partial charge >= 0.3 is 0 Å². The van der Waals surface area contributed by atoms with Crippen molar-refractivity contribution in [3.05, 3.63) is 47.8 Å². The van der Waals surface area contributed by atoms with Crippen molar-refractivity contribution in [2.45, 2.75) is 57.5 Å². The highest BCUT2D eigenvalue weighted by Gasteiger charge is 2.17. The number of hydrogen-bond acceptors (Lipinski definition) is 1. The zero-order chi connectivity index (χ0) is 13.5. The Balaban J connectivity index is 2.01. The Morgan fingerprint density at radius 3 is 2.68 bits per heavy atom. The third-order valence-corrected chi connectivity index (χ3v) is 3.82. The Kier molecular flexibility index (Phi) is 5.59. The molecule has 2 unspecified atom stereocenters. The van der Waals surface area contributed by atoms with Crippen molar-refractivity contribution in [2.75, 3.05) is 0 Å². The highest BCUT2D eigenvalue weighted by atomic mass is 19.1. The second-order valence-corrected chi connectivity index (χ2v) is 5.39. The van der Waals surface area contributed by atoms with Gasteiger partial charge in [-0.05, 0) is 43.4 Å². The van der Waals surface area contributed by atoms with E-state index in [9.17, 15) is 4.39 Å². The van der Waals surface area contributed by atoms with Crippen LogP contribution < -0.4 is 5.32 Å². The molecule has 0 aliphatic heterocycles. The zero-order valence-electron chi connectivity index (χ0n) is 11.7. The number of hydrogen-bond donors (Lipinski definition) is 1. The lowest BCUT2D eigenvalue weighted by Gasteiger charge is -2.27. The van der Waals surface area contributed by atoms with Crippen molar-refractivity contribution in [1.29, 1.82) is 0 Å². The van der Waals surface area contributed by atoms with Gasteiger partial charge in [0.15, 0.2) is 0 Å². The lowest BCUT2D eigenvalue weighted by Crippen LogP contribution is -2.33. The lowest BCUT2D eigenvalue weighted by molar-refractivity contribution is 0.386. The predicted octanol–water partition coefficient (Wildman–Crippen LogP) is 4.76. The number of halogens is 1. The molecule has 104 valence electrons. The molecule has 0 bridgehead atoms. The number of allylic oxidation sites excluding steroid dienone is 1. The Labute approximate surface area is 115 Å². The van der Waals surface area contributed by atoms with Gasteiger partial charge < -0.3 is 5.32 Å². The van der Waals surface area contributed by atoms with Gasteiger partial charge in [0, 0.05) is 12.1 Å². The molecule has 1 aliphatic rings. The van der Waals surface area contributed by atoms with Gasteiger partial charge in [-0.15, -0.1) is 0 Å². The van der Waals surface area contributed by atoms with Crippen molar-refractivity contribution < 1.29 is 4.39 Å². The second kappa shape index (κ2) is 7.44. The molecule has 2 atom stereocenters. The average molecular weight is 261 g/mol. The summed E-state index contributed by atoms with van der Waals surface area (Å²) in [7, 11) is 0. The van der Waals surface area contributed by atoms with Gasteiger partial charge in [0.05, 0.1) is 0 Å². The van der Waals surface area contributed by atoms with Gasteiger partial charge in [-0.3, -0.25) is 0 Å². The molecule has 2 heteroatoms. The summed E-state index contributed by atoms with van der Waals surface area (Å²) in [5.41, 5.74) is 1.21. The third-order valence-electron chi connectivity index (χ3n) is 3.82. The first-order valence-corrected chi connectivity index (χ1v) is 7.46. The van der Waals surface area contributed by atoms with E-state index >= 15 is 0 Å². The fourth-order valence-corrected chi connectivity index (χ4v) is 2.68. The molecule has 0 spiro atoms. The van der Waals surface area contributed by atoms with Crippen LogP contribution in [-0.4, -0.2) is 6.04 Å². The normalized spacial score (nSPS) is 20.4. The summed E-state index contributed by atoms with van der Waals surface area (Å²) in [5.74, 6) is -0.154. The molecule has 0 amide bonds. The van der Waals surface area contributed by atoms with Crippen LogP contribution in [0.25, 0.3) is 0 Å². The molecule has 1 nitrogen and oxygen atoms in total. The molecule has 2 rings (SSSR count). The largest absolute Gasteiger partial charge is 0.307 e. The van der Waals surface area contributed by atoms with Crippen molar-refractivity contribution in [3.63, 3.8) is 0 Å². The first-order valence-electron chi connectivity index (χ1n) is 7.46. The van der Waals surface area contributed by atoms with Crippen LogP contribution in [0.2, 0.25) is 0 Å². The smallest absolute Gasteiger partial charge is 0.123 e. The lowest BCUT2D eigenvalue weighted by atomic mass is 9.96. The monoisotopic (exact) mass is 261 g/mol. The maximum absolute atomic E-state index is 13.0. The van der Waals surface area contributed by atoms with Gasteiger partial charge in [0.25, 0.3) is 0 Å². The molecular formula is C17H24FN. The van der Waals surface area contributed by atoms with Crippen LogP contribution in [0, 0.1) is 5.82 Å². The zero-order valence-corrected chi connectivity index (χ0v) is 11.7. The number of rotatable bonds is 6. The van der Waals surface area contributed by atoms with Crippen LogP contribution in [0.1, 0.15) is 57.1 Å². The van der Waals surface area contributed by atoms with Gasteiger partial charge in [0.1, 0.15) is 5.82 Å². The standard InChI is InChI=1S/C17H24FN/c1-2-3-9-17(14-10-12-15(18)13-11-14)19-16-7-5-4-6-8-16/h4-5,10-13,16-17,19H,2-3,6-9H2,1H3. The van der Waals surface area contributed by atoms with E-state index in [1.54, 1.807) is 12.1 Å². The van der Waals surface area contributed by atoms with Crippen LogP contribution in [0.3, 0.4) is 0 Å². The van der Waals surface area contributed by atoms with Crippen LogP contribution in [0.15, 0.2) is 36.4 Å². The van der Waals surface area contributed by atoms with Crippen molar-refractivity contribution in [3.8, 4) is 0 Å². The van der Waals surface area contributed by atoms with E-state index in [0.717, 1.165) is 12.8 Å². The number of benzene rings is 1. The molecule has 1 aliphatic carbocycles. The molecule has 1 aromatic rings. The summed E-state index contributed by atoms with van der Waals surface area (Å²) in [6, 6.07) is 7.89. The van der Waals surface area contributed by atoms with Crippen molar-refractivity contribution in [1.82, 2.24) is 5.32 Å². The predicted molar refractivity (Wildman–Crippen MR) is 78.6 cm³/mol. The third kappa shape index (κ3) is 4.46.